The number of fused-ring (bicyclic) bond motifs is 2. The number of aliphatic hydroxyl groups is 1. The van der Waals surface area contributed by atoms with Gasteiger partial charge in [-0.25, -0.2) is 0 Å². The van der Waals surface area contributed by atoms with Crippen molar-refractivity contribution in [2.45, 2.75) is 6.35 Å². The van der Waals surface area contributed by atoms with Crippen LogP contribution in [0.2, 0.25) is 0 Å². The van der Waals surface area contributed by atoms with E-state index in [0.29, 0.717) is 5.82 Å². The van der Waals surface area contributed by atoms with E-state index in [0.717, 1.165) is 27.8 Å². The molecule has 0 amide bonds. The standard InChI is InChI=1S/C20H15N5O/c26-20-23-18(14-7-9-21-10-8-14)17(19-24-22-12-25(19)20)16-6-5-13-3-1-2-4-15(13)11-16/h1-12,20,23,26H. The first-order valence-corrected chi connectivity index (χ1v) is 8.29. The van der Waals surface area contributed by atoms with Crippen LogP contribution in [0.15, 0.2) is 73.3 Å². The highest BCUT2D eigenvalue weighted by molar-refractivity contribution is 5.99. The van der Waals surface area contributed by atoms with E-state index in [4.69, 9.17) is 0 Å². The van der Waals surface area contributed by atoms with Crippen molar-refractivity contribution < 1.29 is 5.11 Å². The summed E-state index contributed by atoms with van der Waals surface area (Å²) in [5.41, 5.74) is 3.63. The Hall–Kier alpha value is -3.51. The van der Waals surface area contributed by atoms with Gasteiger partial charge < -0.3 is 10.4 Å². The van der Waals surface area contributed by atoms with Crippen LogP contribution in [0.3, 0.4) is 0 Å². The van der Waals surface area contributed by atoms with Gasteiger partial charge >= 0.3 is 0 Å². The van der Waals surface area contributed by atoms with Crippen LogP contribution in [-0.2, 0) is 0 Å². The molecule has 0 bridgehead atoms. The van der Waals surface area contributed by atoms with Crippen LogP contribution in [0.25, 0.3) is 22.0 Å². The molecule has 0 spiro atoms. The third kappa shape index (κ3) is 2.28. The molecule has 126 valence electrons. The smallest absolute Gasteiger partial charge is 0.211 e. The van der Waals surface area contributed by atoms with Crippen LogP contribution in [0.4, 0.5) is 0 Å². The lowest BCUT2D eigenvalue weighted by molar-refractivity contribution is 0.0822. The van der Waals surface area contributed by atoms with Crippen molar-refractivity contribution in [1.82, 2.24) is 25.1 Å². The number of aliphatic hydroxyl groups excluding tert-OH is 1. The Morgan fingerprint density at radius 2 is 1.73 bits per heavy atom. The SMILES string of the molecule is OC1NC(c2ccncc2)=C(c2ccc3ccccc3c2)c2nncn21. The second kappa shape index (κ2) is 5.79. The Morgan fingerprint density at radius 1 is 0.923 bits per heavy atom. The predicted octanol–water partition coefficient (Wildman–Crippen LogP) is 2.79. The van der Waals surface area contributed by atoms with Gasteiger partial charge in [0, 0.05) is 18.0 Å². The molecule has 4 aromatic rings. The Kier molecular flexibility index (Phi) is 3.29. The molecule has 0 saturated heterocycles. The summed E-state index contributed by atoms with van der Waals surface area (Å²) in [4.78, 5) is 4.09. The zero-order chi connectivity index (χ0) is 17.5. The minimum absolute atomic E-state index is 0.623. The molecule has 1 atom stereocenters. The lowest BCUT2D eigenvalue weighted by Crippen LogP contribution is -2.31. The van der Waals surface area contributed by atoms with Crippen LogP contribution < -0.4 is 5.32 Å². The third-order valence-corrected chi connectivity index (χ3v) is 4.59. The fourth-order valence-corrected chi connectivity index (χ4v) is 3.35. The lowest BCUT2D eigenvalue weighted by Gasteiger charge is -2.27. The summed E-state index contributed by atoms with van der Waals surface area (Å²) in [5, 5.41) is 24.2. The minimum atomic E-state index is -0.924. The number of benzene rings is 2. The molecule has 26 heavy (non-hydrogen) atoms. The predicted molar refractivity (Wildman–Crippen MR) is 98.5 cm³/mol. The molecule has 1 aliphatic heterocycles. The summed E-state index contributed by atoms with van der Waals surface area (Å²) in [6, 6.07) is 18.3. The molecule has 0 saturated carbocycles. The van der Waals surface area contributed by atoms with Crippen molar-refractivity contribution in [2.75, 3.05) is 0 Å². The minimum Gasteiger partial charge on any atom is -0.356 e. The Balaban J connectivity index is 1.80. The highest BCUT2D eigenvalue weighted by Crippen LogP contribution is 2.35. The molecule has 2 aromatic carbocycles. The van der Waals surface area contributed by atoms with Crippen molar-refractivity contribution >= 4 is 22.0 Å². The molecule has 0 aliphatic carbocycles. The van der Waals surface area contributed by atoms with E-state index in [1.807, 2.05) is 24.3 Å². The normalized spacial score (nSPS) is 16.4. The average molecular weight is 341 g/mol. The molecule has 6 nitrogen and oxygen atoms in total. The van der Waals surface area contributed by atoms with Gasteiger partial charge in [-0.05, 0) is 34.5 Å². The van der Waals surface area contributed by atoms with Crippen LogP contribution in [0, 0.1) is 0 Å². The highest BCUT2D eigenvalue weighted by atomic mass is 16.3. The lowest BCUT2D eigenvalue weighted by atomic mass is 9.95. The van der Waals surface area contributed by atoms with Crippen molar-refractivity contribution in [3.05, 3.63) is 90.3 Å². The van der Waals surface area contributed by atoms with Gasteiger partial charge in [-0.15, -0.1) is 10.2 Å². The van der Waals surface area contributed by atoms with Gasteiger partial charge in [-0.2, -0.15) is 0 Å². The summed E-state index contributed by atoms with van der Waals surface area (Å²) in [7, 11) is 0. The quantitative estimate of drug-likeness (QED) is 0.586. The number of hydrogen-bond acceptors (Lipinski definition) is 5. The van der Waals surface area contributed by atoms with E-state index >= 15 is 0 Å². The van der Waals surface area contributed by atoms with Gasteiger partial charge in [0.15, 0.2) is 5.82 Å². The number of rotatable bonds is 2. The second-order valence-corrected chi connectivity index (χ2v) is 6.13. The second-order valence-electron chi connectivity index (χ2n) is 6.13. The summed E-state index contributed by atoms with van der Waals surface area (Å²) in [5.74, 6) is 0.623. The molecule has 0 fully saturated rings. The average Bonchev–Trinajstić information content (AvgIpc) is 3.18. The van der Waals surface area contributed by atoms with Gasteiger partial charge in [-0.3, -0.25) is 9.55 Å². The first kappa shape index (κ1) is 14.8. The van der Waals surface area contributed by atoms with Crippen LogP contribution >= 0.6 is 0 Å². The number of pyridine rings is 1. The third-order valence-electron chi connectivity index (χ3n) is 4.59. The van der Waals surface area contributed by atoms with Crippen molar-refractivity contribution in [1.29, 1.82) is 0 Å². The molecule has 5 rings (SSSR count). The molecule has 6 heteroatoms. The van der Waals surface area contributed by atoms with Gasteiger partial charge in [-0.1, -0.05) is 36.4 Å². The van der Waals surface area contributed by atoms with E-state index < -0.39 is 6.35 Å². The molecule has 2 aromatic heterocycles. The number of aromatic nitrogens is 4. The Labute approximate surface area is 149 Å². The van der Waals surface area contributed by atoms with Gasteiger partial charge in [0.2, 0.25) is 6.35 Å². The number of nitrogens with one attached hydrogen (secondary N) is 1. The van der Waals surface area contributed by atoms with Crippen LogP contribution in [0.1, 0.15) is 23.3 Å². The zero-order valence-corrected chi connectivity index (χ0v) is 13.7. The van der Waals surface area contributed by atoms with E-state index in [-0.39, 0.29) is 0 Å². The largest absolute Gasteiger partial charge is 0.356 e. The Bertz CT molecular complexity index is 1130. The van der Waals surface area contributed by atoms with E-state index in [1.54, 1.807) is 17.0 Å². The highest BCUT2D eigenvalue weighted by Gasteiger charge is 2.28. The van der Waals surface area contributed by atoms with Crippen molar-refractivity contribution in [2.24, 2.45) is 0 Å². The molecule has 0 radical (unpaired) electrons. The molecular weight excluding hydrogens is 326 g/mol. The van der Waals surface area contributed by atoms with E-state index in [2.05, 4.69) is 50.8 Å². The van der Waals surface area contributed by atoms with Gasteiger partial charge in [0.05, 0.1) is 11.3 Å². The molecule has 3 heterocycles. The number of nitrogens with zero attached hydrogens (tertiary/aromatic N) is 4. The topological polar surface area (TPSA) is 75.9 Å². The van der Waals surface area contributed by atoms with Crippen molar-refractivity contribution in [3.63, 3.8) is 0 Å². The van der Waals surface area contributed by atoms with E-state index in [1.165, 1.54) is 11.7 Å². The maximum Gasteiger partial charge on any atom is 0.211 e. The van der Waals surface area contributed by atoms with Crippen LogP contribution in [-0.4, -0.2) is 24.9 Å². The first-order valence-electron chi connectivity index (χ1n) is 8.29. The Morgan fingerprint density at radius 3 is 2.58 bits per heavy atom. The van der Waals surface area contributed by atoms with Gasteiger partial charge in [0.1, 0.15) is 6.33 Å². The summed E-state index contributed by atoms with van der Waals surface area (Å²) < 4.78 is 1.62. The summed E-state index contributed by atoms with van der Waals surface area (Å²) >= 11 is 0. The molecular formula is C20H15N5O. The monoisotopic (exact) mass is 341 g/mol. The van der Waals surface area contributed by atoms with Crippen molar-refractivity contribution in [3.8, 4) is 0 Å². The summed E-state index contributed by atoms with van der Waals surface area (Å²) in [6.07, 6.45) is 4.06. The fraction of sp³-hybridized carbons (Fsp3) is 0.0500. The summed E-state index contributed by atoms with van der Waals surface area (Å²) in [6.45, 7) is 0. The molecule has 1 unspecified atom stereocenters. The number of hydrogen-bond donors (Lipinski definition) is 2. The molecule has 2 N–H and O–H groups in total. The maximum atomic E-state index is 10.4. The molecule has 1 aliphatic rings. The van der Waals surface area contributed by atoms with Crippen LogP contribution in [0.5, 0.6) is 0 Å². The fourth-order valence-electron chi connectivity index (χ4n) is 3.35. The van der Waals surface area contributed by atoms with E-state index in [9.17, 15) is 5.11 Å². The van der Waals surface area contributed by atoms with Gasteiger partial charge in [0.25, 0.3) is 0 Å². The first-order chi connectivity index (χ1) is 12.8. The maximum absolute atomic E-state index is 10.4. The zero-order valence-electron chi connectivity index (χ0n) is 13.7.